The Balaban J connectivity index is 2.03. The van der Waals surface area contributed by atoms with Gasteiger partial charge in [0.15, 0.2) is 0 Å². The lowest BCUT2D eigenvalue weighted by Crippen LogP contribution is -2.44. The molecule has 0 saturated carbocycles. The summed E-state index contributed by atoms with van der Waals surface area (Å²) in [5.74, 6) is 0.330. The van der Waals surface area contributed by atoms with Gasteiger partial charge < -0.3 is 10.2 Å². The molecule has 1 heterocycles. The lowest BCUT2D eigenvalue weighted by atomic mass is 10.0. The summed E-state index contributed by atoms with van der Waals surface area (Å²) in [5.41, 5.74) is 1.31. The minimum absolute atomic E-state index is 0.296. The molecular weight excluding hydrogens is 248 g/mol. The molecular formula is C17H26N2O. The molecule has 0 radical (unpaired) electrons. The van der Waals surface area contributed by atoms with Crippen LogP contribution in [-0.4, -0.2) is 36.5 Å². The van der Waals surface area contributed by atoms with Crippen LogP contribution in [0.15, 0.2) is 30.3 Å². The molecule has 1 aromatic rings. The lowest BCUT2D eigenvalue weighted by Gasteiger charge is -2.30. The molecule has 1 N–H and O–H groups in total. The second kappa shape index (κ2) is 8.05. The van der Waals surface area contributed by atoms with Crippen LogP contribution in [0.2, 0.25) is 0 Å². The van der Waals surface area contributed by atoms with Crippen LogP contribution in [0.4, 0.5) is 0 Å². The maximum atomic E-state index is 12.4. The molecule has 1 amide bonds. The second-order valence-corrected chi connectivity index (χ2v) is 5.59. The van der Waals surface area contributed by atoms with E-state index < -0.39 is 0 Å². The lowest BCUT2D eigenvalue weighted by molar-refractivity contribution is -0.133. The fraction of sp³-hybridized carbons (Fsp3) is 0.588. The summed E-state index contributed by atoms with van der Waals surface area (Å²) in [7, 11) is 0. The molecule has 1 fully saturated rings. The minimum Gasteiger partial charge on any atom is -0.338 e. The first kappa shape index (κ1) is 15.0. The Kier molecular flexibility index (Phi) is 6.06. The van der Waals surface area contributed by atoms with Gasteiger partial charge in [0.2, 0.25) is 5.91 Å². The number of nitrogens with zero attached hydrogens (tertiary/aromatic N) is 1. The maximum absolute atomic E-state index is 12.4. The smallest absolute Gasteiger partial charge is 0.222 e. The van der Waals surface area contributed by atoms with E-state index in [0.717, 1.165) is 45.3 Å². The monoisotopic (exact) mass is 274 g/mol. The van der Waals surface area contributed by atoms with Gasteiger partial charge in [0.1, 0.15) is 0 Å². The molecule has 0 aromatic heterocycles. The van der Waals surface area contributed by atoms with Gasteiger partial charge in [-0.15, -0.1) is 0 Å². The normalized spacial score (nSPS) is 19.6. The molecule has 1 aliphatic heterocycles. The summed E-state index contributed by atoms with van der Waals surface area (Å²) in [4.78, 5) is 14.5. The number of hydrogen-bond acceptors (Lipinski definition) is 2. The first-order valence-electron chi connectivity index (χ1n) is 7.85. The molecule has 1 saturated heterocycles. The van der Waals surface area contributed by atoms with Crippen LogP contribution in [0, 0.1) is 0 Å². The molecule has 1 atom stereocenters. The van der Waals surface area contributed by atoms with Gasteiger partial charge in [-0.2, -0.15) is 0 Å². The van der Waals surface area contributed by atoms with Gasteiger partial charge in [0.05, 0.1) is 0 Å². The van der Waals surface area contributed by atoms with E-state index in [1.807, 2.05) is 6.07 Å². The number of carbonyl (C=O) groups is 1. The number of unbranched alkanes of at least 4 members (excludes halogenated alkanes) is 1. The van der Waals surface area contributed by atoms with Crippen molar-refractivity contribution in [2.75, 3.05) is 19.6 Å². The Morgan fingerprint density at radius 1 is 1.35 bits per heavy atom. The van der Waals surface area contributed by atoms with Crippen molar-refractivity contribution in [2.24, 2.45) is 0 Å². The summed E-state index contributed by atoms with van der Waals surface area (Å²) < 4.78 is 0. The molecule has 0 bridgehead atoms. The Labute approximate surface area is 122 Å². The van der Waals surface area contributed by atoms with E-state index in [2.05, 4.69) is 41.4 Å². The van der Waals surface area contributed by atoms with Crippen molar-refractivity contribution in [2.45, 2.75) is 45.1 Å². The number of amides is 1. The third-order valence-electron chi connectivity index (χ3n) is 3.95. The van der Waals surface area contributed by atoms with Crippen molar-refractivity contribution in [3.8, 4) is 0 Å². The zero-order chi connectivity index (χ0) is 14.2. The van der Waals surface area contributed by atoms with Crippen LogP contribution < -0.4 is 5.32 Å². The average Bonchev–Trinajstić information content (AvgIpc) is 2.71. The molecule has 1 unspecified atom stereocenters. The van der Waals surface area contributed by atoms with Gasteiger partial charge in [-0.25, -0.2) is 0 Å². The number of rotatable bonds is 5. The van der Waals surface area contributed by atoms with Gasteiger partial charge in [-0.1, -0.05) is 43.7 Å². The van der Waals surface area contributed by atoms with E-state index in [1.165, 1.54) is 5.56 Å². The zero-order valence-electron chi connectivity index (χ0n) is 12.5. The first-order valence-corrected chi connectivity index (χ1v) is 7.85. The van der Waals surface area contributed by atoms with Gasteiger partial charge in [0, 0.05) is 25.6 Å². The average molecular weight is 274 g/mol. The first-order chi connectivity index (χ1) is 9.81. The van der Waals surface area contributed by atoms with Gasteiger partial charge in [-0.3, -0.25) is 4.79 Å². The van der Waals surface area contributed by atoms with Crippen LogP contribution in [-0.2, 0) is 11.2 Å². The predicted molar refractivity (Wildman–Crippen MR) is 82.7 cm³/mol. The predicted octanol–water partition coefficient (Wildman–Crippen LogP) is 2.61. The highest BCUT2D eigenvalue weighted by Crippen LogP contribution is 2.14. The molecule has 1 aromatic carbocycles. The standard InChI is InChI=1S/C17H26N2O/c1-2-3-10-17(20)19-12-7-11-18-14-16(19)13-15-8-5-4-6-9-15/h4-6,8-9,16,18H,2-3,7,10-14H2,1H3. The van der Waals surface area contributed by atoms with Crippen LogP contribution >= 0.6 is 0 Å². The van der Waals surface area contributed by atoms with Crippen molar-refractivity contribution >= 4 is 5.91 Å². The van der Waals surface area contributed by atoms with E-state index >= 15 is 0 Å². The third-order valence-corrected chi connectivity index (χ3v) is 3.95. The Morgan fingerprint density at radius 3 is 2.90 bits per heavy atom. The van der Waals surface area contributed by atoms with E-state index in [0.29, 0.717) is 18.4 Å². The largest absolute Gasteiger partial charge is 0.338 e. The Hall–Kier alpha value is -1.35. The quantitative estimate of drug-likeness (QED) is 0.895. The highest BCUT2D eigenvalue weighted by Gasteiger charge is 2.24. The van der Waals surface area contributed by atoms with E-state index in [4.69, 9.17) is 0 Å². The number of hydrogen-bond donors (Lipinski definition) is 1. The highest BCUT2D eigenvalue weighted by atomic mass is 16.2. The van der Waals surface area contributed by atoms with Gasteiger partial charge in [0.25, 0.3) is 0 Å². The van der Waals surface area contributed by atoms with Crippen molar-refractivity contribution in [1.29, 1.82) is 0 Å². The zero-order valence-corrected chi connectivity index (χ0v) is 12.5. The fourth-order valence-corrected chi connectivity index (χ4v) is 2.80. The van der Waals surface area contributed by atoms with Gasteiger partial charge in [-0.05, 0) is 31.4 Å². The fourth-order valence-electron chi connectivity index (χ4n) is 2.80. The van der Waals surface area contributed by atoms with Crippen LogP contribution in [0.25, 0.3) is 0 Å². The maximum Gasteiger partial charge on any atom is 0.222 e. The summed E-state index contributed by atoms with van der Waals surface area (Å²) >= 11 is 0. The molecule has 0 spiro atoms. The van der Waals surface area contributed by atoms with Crippen LogP contribution in [0.3, 0.4) is 0 Å². The summed E-state index contributed by atoms with van der Waals surface area (Å²) in [6, 6.07) is 10.8. The molecule has 3 heteroatoms. The highest BCUT2D eigenvalue weighted by molar-refractivity contribution is 5.76. The molecule has 1 aliphatic rings. The van der Waals surface area contributed by atoms with Crippen molar-refractivity contribution in [3.05, 3.63) is 35.9 Å². The summed E-state index contributed by atoms with van der Waals surface area (Å²) in [5, 5.41) is 3.46. The summed E-state index contributed by atoms with van der Waals surface area (Å²) in [6.45, 7) is 4.96. The molecule has 3 nitrogen and oxygen atoms in total. The third kappa shape index (κ3) is 4.34. The molecule has 20 heavy (non-hydrogen) atoms. The van der Waals surface area contributed by atoms with Crippen molar-refractivity contribution in [3.63, 3.8) is 0 Å². The Morgan fingerprint density at radius 2 is 2.15 bits per heavy atom. The minimum atomic E-state index is 0.296. The van der Waals surface area contributed by atoms with Gasteiger partial charge >= 0.3 is 0 Å². The van der Waals surface area contributed by atoms with Crippen LogP contribution in [0.5, 0.6) is 0 Å². The van der Waals surface area contributed by atoms with Crippen molar-refractivity contribution < 1.29 is 4.79 Å². The summed E-state index contributed by atoms with van der Waals surface area (Å²) in [6.07, 6.45) is 4.79. The second-order valence-electron chi connectivity index (χ2n) is 5.59. The van der Waals surface area contributed by atoms with E-state index in [-0.39, 0.29) is 0 Å². The van der Waals surface area contributed by atoms with E-state index in [1.54, 1.807) is 0 Å². The van der Waals surface area contributed by atoms with Crippen LogP contribution in [0.1, 0.15) is 38.2 Å². The topological polar surface area (TPSA) is 32.3 Å². The van der Waals surface area contributed by atoms with Crippen molar-refractivity contribution in [1.82, 2.24) is 10.2 Å². The number of carbonyl (C=O) groups excluding carboxylic acids is 1. The Bertz CT molecular complexity index is 405. The molecule has 2 rings (SSSR count). The number of benzene rings is 1. The molecule has 110 valence electrons. The SMILES string of the molecule is CCCCC(=O)N1CCCNCC1Cc1ccccc1. The number of nitrogens with one attached hydrogen (secondary N) is 1. The molecule has 0 aliphatic carbocycles. The van der Waals surface area contributed by atoms with E-state index in [9.17, 15) is 4.79 Å².